The lowest BCUT2D eigenvalue weighted by Crippen LogP contribution is -1.86. The van der Waals surface area contributed by atoms with Gasteiger partial charge in [0.15, 0.2) is 0 Å². The first-order valence-electron chi connectivity index (χ1n) is 4.85. The Hall–Kier alpha value is -2.15. The van der Waals surface area contributed by atoms with E-state index in [9.17, 15) is 0 Å². The summed E-state index contributed by atoms with van der Waals surface area (Å²) >= 11 is 1.54. The van der Waals surface area contributed by atoms with E-state index in [0.29, 0.717) is 23.1 Å². The fourth-order valence-corrected chi connectivity index (χ4v) is 1.89. The summed E-state index contributed by atoms with van der Waals surface area (Å²) < 4.78 is 5.13. The molecule has 0 aliphatic rings. The number of aromatic nitrogens is 5. The first-order chi connectivity index (χ1) is 8.33. The van der Waals surface area contributed by atoms with E-state index < -0.39 is 0 Å². The number of nitrogens with zero attached hydrogens (tertiary/aromatic N) is 5. The molecule has 3 aromatic heterocycles. The highest BCUT2D eigenvalue weighted by Gasteiger charge is 2.13. The molecule has 0 amide bonds. The van der Waals surface area contributed by atoms with Gasteiger partial charge in [0.1, 0.15) is 11.4 Å². The average Bonchev–Trinajstić information content (AvgIpc) is 2.98. The molecule has 17 heavy (non-hydrogen) atoms. The van der Waals surface area contributed by atoms with Crippen LogP contribution in [0.1, 0.15) is 5.01 Å². The van der Waals surface area contributed by atoms with Crippen molar-refractivity contribution in [3.8, 4) is 23.1 Å². The Labute approximate surface area is 100 Å². The highest BCUT2D eigenvalue weighted by atomic mass is 32.1. The lowest BCUT2D eigenvalue weighted by atomic mass is 10.4. The Morgan fingerprint density at radius 3 is 2.82 bits per heavy atom. The second-order valence-electron chi connectivity index (χ2n) is 3.27. The molecule has 0 saturated carbocycles. The molecule has 0 unspecified atom stereocenters. The van der Waals surface area contributed by atoms with E-state index in [1.807, 2.05) is 12.3 Å². The molecule has 0 atom stereocenters. The van der Waals surface area contributed by atoms with Gasteiger partial charge in [0.25, 0.3) is 5.89 Å². The molecule has 3 heterocycles. The Balaban J connectivity index is 1.99. The van der Waals surface area contributed by atoms with Crippen LogP contribution in [-0.4, -0.2) is 25.1 Å². The minimum absolute atomic E-state index is 0.398. The van der Waals surface area contributed by atoms with E-state index in [4.69, 9.17) is 4.52 Å². The molecule has 0 aliphatic carbocycles. The highest BCUT2D eigenvalue weighted by Crippen LogP contribution is 2.21. The van der Waals surface area contributed by atoms with Crippen molar-refractivity contribution >= 4 is 11.3 Å². The minimum Gasteiger partial charge on any atom is -0.332 e. The molecule has 84 valence electrons. The topological polar surface area (TPSA) is 77.6 Å². The zero-order valence-corrected chi connectivity index (χ0v) is 9.68. The summed E-state index contributed by atoms with van der Waals surface area (Å²) in [7, 11) is 0. The minimum atomic E-state index is 0.398. The molecule has 3 rings (SSSR count). The third-order valence-electron chi connectivity index (χ3n) is 2.06. The number of hydrogen-bond acceptors (Lipinski definition) is 7. The molecular weight excluding hydrogens is 238 g/mol. The number of rotatable bonds is 2. The number of aryl methyl sites for hydroxylation is 1. The Morgan fingerprint density at radius 1 is 1.18 bits per heavy atom. The van der Waals surface area contributed by atoms with Crippen molar-refractivity contribution in [1.29, 1.82) is 0 Å². The zero-order chi connectivity index (χ0) is 11.7. The van der Waals surface area contributed by atoms with Gasteiger partial charge in [-0.05, 0) is 6.92 Å². The zero-order valence-electron chi connectivity index (χ0n) is 8.86. The molecule has 0 spiro atoms. The quantitative estimate of drug-likeness (QED) is 0.686. The van der Waals surface area contributed by atoms with Crippen molar-refractivity contribution in [1.82, 2.24) is 25.1 Å². The maximum Gasteiger partial charge on any atom is 0.277 e. The molecule has 3 aromatic rings. The Bertz CT molecular complexity index is 633. The SMILES string of the molecule is Cc1nc(-c2nc(-c3cnccn3)no2)cs1. The van der Waals surface area contributed by atoms with Crippen molar-refractivity contribution in [2.75, 3.05) is 0 Å². The van der Waals surface area contributed by atoms with Crippen molar-refractivity contribution in [3.63, 3.8) is 0 Å². The predicted molar refractivity (Wildman–Crippen MR) is 61.2 cm³/mol. The van der Waals surface area contributed by atoms with E-state index in [2.05, 4.69) is 25.1 Å². The lowest BCUT2D eigenvalue weighted by Gasteiger charge is -1.88. The standard InChI is InChI=1S/C10H7N5OS/c1-6-13-8(5-17-6)10-14-9(15-16-10)7-4-11-2-3-12-7/h2-5H,1H3. The van der Waals surface area contributed by atoms with Crippen LogP contribution in [-0.2, 0) is 0 Å². The van der Waals surface area contributed by atoms with Crippen molar-refractivity contribution in [2.24, 2.45) is 0 Å². The monoisotopic (exact) mass is 245 g/mol. The van der Waals surface area contributed by atoms with Gasteiger partial charge in [-0.15, -0.1) is 11.3 Å². The summed E-state index contributed by atoms with van der Waals surface area (Å²) in [6.07, 6.45) is 4.76. The number of hydrogen-bond donors (Lipinski definition) is 0. The van der Waals surface area contributed by atoms with Crippen LogP contribution in [0.2, 0.25) is 0 Å². The summed E-state index contributed by atoms with van der Waals surface area (Å²) in [6.45, 7) is 1.92. The molecule has 0 N–H and O–H groups in total. The maximum atomic E-state index is 5.13. The summed E-state index contributed by atoms with van der Waals surface area (Å²) in [5.41, 5.74) is 1.27. The third kappa shape index (κ3) is 1.92. The molecule has 0 aromatic carbocycles. The molecule has 0 aliphatic heterocycles. The van der Waals surface area contributed by atoms with Crippen LogP contribution in [0.15, 0.2) is 28.5 Å². The van der Waals surface area contributed by atoms with Crippen molar-refractivity contribution in [2.45, 2.75) is 6.92 Å². The van der Waals surface area contributed by atoms with Gasteiger partial charge in [-0.3, -0.25) is 4.98 Å². The van der Waals surface area contributed by atoms with Gasteiger partial charge in [0.05, 0.1) is 11.2 Å². The van der Waals surface area contributed by atoms with Crippen LogP contribution >= 0.6 is 11.3 Å². The molecule has 6 nitrogen and oxygen atoms in total. The Morgan fingerprint density at radius 2 is 2.12 bits per heavy atom. The van der Waals surface area contributed by atoms with E-state index in [1.54, 1.807) is 18.6 Å². The summed E-state index contributed by atoms with van der Waals surface area (Å²) in [4.78, 5) is 16.5. The Kier molecular flexibility index (Phi) is 2.37. The van der Waals surface area contributed by atoms with Crippen LogP contribution in [0.25, 0.3) is 23.1 Å². The second-order valence-corrected chi connectivity index (χ2v) is 4.33. The maximum absolute atomic E-state index is 5.13. The van der Waals surface area contributed by atoms with Crippen LogP contribution in [0.4, 0.5) is 0 Å². The van der Waals surface area contributed by atoms with Gasteiger partial charge in [0.2, 0.25) is 5.82 Å². The fourth-order valence-electron chi connectivity index (χ4n) is 1.31. The van der Waals surface area contributed by atoms with Gasteiger partial charge < -0.3 is 4.52 Å². The van der Waals surface area contributed by atoms with E-state index in [1.165, 1.54) is 11.3 Å². The van der Waals surface area contributed by atoms with Crippen molar-refractivity contribution < 1.29 is 4.52 Å². The lowest BCUT2D eigenvalue weighted by molar-refractivity contribution is 0.431. The molecule has 0 radical (unpaired) electrons. The van der Waals surface area contributed by atoms with Crippen molar-refractivity contribution in [3.05, 3.63) is 29.0 Å². The summed E-state index contributed by atoms with van der Waals surface area (Å²) in [5, 5.41) is 6.68. The van der Waals surface area contributed by atoms with Crippen LogP contribution in [0, 0.1) is 6.92 Å². The van der Waals surface area contributed by atoms with Crippen LogP contribution < -0.4 is 0 Å². The van der Waals surface area contributed by atoms with Gasteiger partial charge in [0, 0.05) is 17.8 Å². The first-order valence-corrected chi connectivity index (χ1v) is 5.73. The smallest absolute Gasteiger partial charge is 0.277 e. The summed E-state index contributed by atoms with van der Waals surface area (Å²) in [6, 6.07) is 0. The second kappa shape index (κ2) is 4.02. The molecule has 0 saturated heterocycles. The van der Waals surface area contributed by atoms with Gasteiger partial charge >= 0.3 is 0 Å². The number of thiazole rings is 1. The van der Waals surface area contributed by atoms with E-state index >= 15 is 0 Å². The van der Waals surface area contributed by atoms with E-state index in [0.717, 1.165) is 5.01 Å². The third-order valence-corrected chi connectivity index (χ3v) is 2.83. The average molecular weight is 245 g/mol. The first kappa shape index (κ1) is 10.0. The molecule has 7 heteroatoms. The van der Waals surface area contributed by atoms with Crippen LogP contribution in [0.5, 0.6) is 0 Å². The fraction of sp³-hybridized carbons (Fsp3) is 0.100. The molecule has 0 bridgehead atoms. The molecular formula is C10H7N5OS. The van der Waals surface area contributed by atoms with Gasteiger partial charge in [-0.25, -0.2) is 9.97 Å². The summed E-state index contributed by atoms with van der Waals surface area (Å²) in [5.74, 6) is 0.814. The van der Waals surface area contributed by atoms with Crippen LogP contribution in [0.3, 0.4) is 0 Å². The molecule has 0 fully saturated rings. The van der Waals surface area contributed by atoms with Gasteiger partial charge in [-0.2, -0.15) is 4.98 Å². The van der Waals surface area contributed by atoms with Gasteiger partial charge in [-0.1, -0.05) is 5.16 Å². The highest BCUT2D eigenvalue weighted by molar-refractivity contribution is 7.09. The van der Waals surface area contributed by atoms with E-state index in [-0.39, 0.29) is 0 Å². The largest absolute Gasteiger partial charge is 0.332 e. The predicted octanol–water partition coefficient (Wildman–Crippen LogP) is 1.96. The normalized spacial score (nSPS) is 10.6.